The number of carbonyl (C=O) groups is 4. The molecule has 0 saturated heterocycles. The number of halogens is 1. The molecular formula is C33H38ClN3O6. The number of benzene rings is 2. The summed E-state index contributed by atoms with van der Waals surface area (Å²) in [5, 5.41) is 4.14. The number of ketones is 1. The van der Waals surface area contributed by atoms with Crippen LogP contribution in [0, 0.1) is 0 Å². The minimum atomic E-state index is -0.714. The molecule has 0 aliphatic heterocycles. The molecule has 0 aliphatic rings. The second-order valence-corrected chi connectivity index (χ2v) is 11.4. The van der Waals surface area contributed by atoms with Gasteiger partial charge in [0.2, 0.25) is 5.91 Å². The van der Waals surface area contributed by atoms with E-state index < -0.39 is 11.6 Å². The van der Waals surface area contributed by atoms with Gasteiger partial charge >= 0.3 is 0 Å². The third-order valence-corrected chi connectivity index (χ3v) is 6.93. The van der Waals surface area contributed by atoms with Gasteiger partial charge in [0, 0.05) is 65.4 Å². The van der Waals surface area contributed by atoms with Crippen molar-refractivity contribution >= 4 is 58.0 Å². The Labute approximate surface area is 256 Å². The summed E-state index contributed by atoms with van der Waals surface area (Å²) < 4.78 is 11.6. The Morgan fingerprint density at radius 2 is 1.84 bits per heavy atom. The number of hydrogen-bond acceptors (Lipinski definition) is 7. The van der Waals surface area contributed by atoms with Crippen LogP contribution in [-0.2, 0) is 19.1 Å². The maximum Gasteiger partial charge on any atom is 0.247 e. The average molecular weight is 608 g/mol. The van der Waals surface area contributed by atoms with Gasteiger partial charge < -0.3 is 24.7 Å². The van der Waals surface area contributed by atoms with E-state index in [9.17, 15) is 19.2 Å². The molecule has 1 unspecified atom stereocenters. The summed E-state index contributed by atoms with van der Waals surface area (Å²) in [4.78, 5) is 54.0. The largest absolute Gasteiger partial charge is 0.495 e. The summed E-state index contributed by atoms with van der Waals surface area (Å²) in [7, 11) is 3.17. The number of aromatic nitrogens is 1. The molecule has 43 heavy (non-hydrogen) atoms. The number of carbonyl (C=O) groups excluding carboxylic acids is 4. The highest BCUT2D eigenvalue weighted by atomic mass is 35.5. The molecule has 9 nitrogen and oxygen atoms in total. The molecule has 0 aliphatic carbocycles. The molecule has 3 aromatic rings. The van der Waals surface area contributed by atoms with Gasteiger partial charge in [-0.15, -0.1) is 0 Å². The number of nitrogens with zero attached hydrogens (tertiary/aromatic N) is 1. The number of Topliss-reactive ketones (excluding diaryl/α,β-unsaturated/α-hetero) is 1. The van der Waals surface area contributed by atoms with Crippen LogP contribution in [0.2, 0.25) is 5.02 Å². The number of fused-ring (bicyclic) bond motifs is 1. The molecule has 0 saturated carbocycles. The third kappa shape index (κ3) is 8.89. The van der Waals surface area contributed by atoms with Crippen molar-refractivity contribution in [2.24, 2.45) is 0 Å². The summed E-state index contributed by atoms with van der Waals surface area (Å²) >= 11 is 6.29. The van der Waals surface area contributed by atoms with Crippen molar-refractivity contribution in [1.29, 1.82) is 0 Å². The lowest BCUT2D eigenvalue weighted by Gasteiger charge is -2.29. The number of likely N-dealkylation sites (N-methyl/N-ethyl adjacent to an activating group) is 1. The van der Waals surface area contributed by atoms with Crippen molar-refractivity contribution in [3.63, 3.8) is 0 Å². The summed E-state index contributed by atoms with van der Waals surface area (Å²) in [6.07, 6.45) is 4.85. The molecule has 0 spiro atoms. The Morgan fingerprint density at radius 1 is 1.09 bits per heavy atom. The second-order valence-electron chi connectivity index (χ2n) is 10.9. The Morgan fingerprint density at radius 3 is 2.47 bits per heavy atom. The Bertz CT molecular complexity index is 1550. The number of aldehydes is 2. The van der Waals surface area contributed by atoms with Crippen LogP contribution in [-0.4, -0.2) is 66.6 Å². The van der Waals surface area contributed by atoms with Crippen LogP contribution in [0.5, 0.6) is 0 Å². The third-order valence-electron chi connectivity index (χ3n) is 6.69. The maximum atomic E-state index is 13.7. The van der Waals surface area contributed by atoms with Crippen molar-refractivity contribution in [2.75, 3.05) is 26.1 Å². The van der Waals surface area contributed by atoms with E-state index in [2.05, 4.69) is 10.3 Å². The van der Waals surface area contributed by atoms with Gasteiger partial charge in [-0.3, -0.25) is 19.2 Å². The molecule has 10 heteroatoms. The highest BCUT2D eigenvalue weighted by Gasteiger charge is 2.25. The van der Waals surface area contributed by atoms with E-state index in [0.29, 0.717) is 52.4 Å². The fraction of sp³-hybridized carbons (Fsp3) is 0.333. The van der Waals surface area contributed by atoms with Crippen molar-refractivity contribution in [2.45, 2.75) is 52.2 Å². The molecule has 3 rings (SSSR count). The predicted octanol–water partition coefficient (Wildman–Crippen LogP) is 6.44. The lowest BCUT2D eigenvalue weighted by molar-refractivity contribution is -0.121. The lowest BCUT2D eigenvalue weighted by Crippen LogP contribution is -2.41. The minimum Gasteiger partial charge on any atom is -0.495 e. The first-order chi connectivity index (χ1) is 20.4. The van der Waals surface area contributed by atoms with Gasteiger partial charge in [0.15, 0.2) is 12.1 Å². The van der Waals surface area contributed by atoms with Crippen LogP contribution in [0.3, 0.4) is 0 Å². The molecule has 0 fully saturated rings. The number of amides is 1. The molecule has 1 heterocycles. The lowest BCUT2D eigenvalue weighted by atomic mass is 9.94. The van der Waals surface area contributed by atoms with Crippen molar-refractivity contribution < 1.29 is 28.7 Å². The van der Waals surface area contributed by atoms with Crippen LogP contribution in [0.15, 0.2) is 60.5 Å². The molecular weight excluding hydrogens is 570 g/mol. The van der Waals surface area contributed by atoms with Crippen LogP contribution in [0.25, 0.3) is 16.5 Å². The molecule has 228 valence electrons. The molecule has 0 bridgehead atoms. The van der Waals surface area contributed by atoms with E-state index in [1.54, 1.807) is 67.5 Å². The first-order valence-electron chi connectivity index (χ1n) is 13.9. The van der Waals surface area contributed by atoms with Gasteiger partial charge in [0.05, 0.1) is 18.4 Å². The van der Waals surface area contributed by atoms with Gasteiger partial charge in [-0.25, -0.2) is 0 Å². The van der Waals surface area contributed by atoms with Crippen LogP contribution in [0.4, 0.5) is 5.69 Å². The molecule has 2 aromatic carbocycles. The SMILES string of the molecule is CCC(=O)c1ccc(Cl)cc1C(=C/C=O)/C(=C\N(C)C(CCOC(C)(C)C)C(=O)Nc1ccc2[nH]c(C=O)cc2c1)OC. The van der Waals surface area contributed by atoms with E-state index in [-0.39, 0.29) is 23.9 Å². The van der Waals surface area contributed by atoms with E-state index in [4.69, 9.17) is 21.1 Å². The molecule has 2 N–H and O–H groups in total. The van der Waals surface area contributed by atoms with E-state index >= 15 is 0 Å². The van der Waals surface area contributed by atoms with Crippen LogP contribution in [0.1, 0.15) is 66.9 Å². The Hall–Kier alpha value is -4.21. The Balaban J connectivity index is 1.99. The average Bonchev–Trinajstić information content (AvgIpc) is 3.38. The van der Waals surface area contributed by atoms with Crippen LogP contribution >= 0.6 is 11.6 Å². The zero-order valence-electron chi connectivity index (χ0n) is 25.3. The monoisotopic (exact) mass is 607 g/mol. The molecule has 1 amide bonds. The predicted molar refractivity (Wildman–Crippen MR) is 169 cm³/mol. The van der Waals surface area contributed by atoms with Crippen molar-refractivity contribution in [3.05, 3.63) is 82.3 Å². The maximum absolute atomic E-state index is 13.7. The molecule has 1 aromatic heterocycles. The second kappa shape index (κ2) is 14.8. The highest BCUT2D eigenvalue weighted by molar-refractivity contribution is 6.31. The Kier molecular flexibility index (Phi) is 11.5. The fourth-order valence-electron chi connectivity index (χ4n) is 4.57. The van der Waals surface area contributed by atoms with Gasteiger partial charge in [0.25, 0.3) is 0 Å². The number of anilines is 1. The number of H-pyrrole nitrogens is 1. The quantitative estimate of drug-likeness (QED) is 0.0712. The number of ether oxygens (including phenoxy) is 2. The summed E-state index contributed by atoms with van der Waals surface area (Å²) in [6, 6.07) is 11.2. The first kappa shape index (κ1) is 33.3. The molecule has 0 radical (unpaired) electrons. The zero-order valence-corrected chi connectivity index (χ0v) is 26.1. The van der Waals surface area contributed by atoms with Gasteiger partial charge in [-0.05, 0) is 74.9 Å². The standard InChI is InChI=1S/C33H38ClN3O6/c1-7-30(40)25-10-8-22(34)18-27(25)26(12-14-38)31(42-6)19-37(5)29(13-15-43-33(2,3)4)32(41)36-23-9-11-28-21(16-23)17-24(20-39)35-28/h8-12,14,16-20,29,35H,7,13,15H2,1-6H3,(H,36,41)/b26-12-,31-19+. The smallest absolute Gasteiger partial charge is 0.247 e. The summed E-state index contributed by atoms with van der Waals surface area (Å²) in [5.41, 5.74) is 2.56. The number of hydrogen-bond donors (Lipinski definition) is 2. The minimum absolute atomic E-state index is 0.122. The number of allylic oxidation sites excluding steroid dienone is 2. The zero-order chi connectivity index (χ0) is 31.7. The molecule has 1 atom stereocenters. The van der Waals surface area contributed by atoms with Gasteiger partial charge in [-0.2, -0.15) is 0 Å². The van der Waals surface area contributed by atoms with Gasteiger partial charge in [-0.1, -0.05) is 18.5 Å². The number of nitrogens with one attached hydrogen (secondary N) is 2. The van der Waals surface area contributed by atoms with Crippen LogP contribution < -0.4 is 5.32 Å². The number of methoxy groups -OCH3 is 1. The van der Waals surface area contributed by atoms with E-state index in [1.807, 2.05) is 20.8 Å². The first-order valence-corrected chi connectivity index (χ1v) is 14.3. The van der Waals surface area contributed by atoms with Crippen molar-refractivity contribution in [3.8, 4) is 0 Å². The fourth-order valence-corrected chi connectivity index (χ4v) is 4.74. The number of aromatic amines is 1. The summed E-state index contributed by atoms with van der Waals surface area (Å²) in [5.74, 6) is -0.169. The van der Waals surface area contributed by atoms with Gasteiger partial charge in [0.1, 0.15) is 18.1 Å². The van der Waals surface area contributed by atoms with E-state index in [0.717, 1.165) is 17.2 Å². The topological polar surface area (TPSA) is 118 Å². The normalized spacial score (nSPS) is 13.0. The summed E-state index contributed by atoms with van der Waals surface area (Å²) in [6.45, 7) is 7.85. The highest BCUT2D eigenvalue weighted by Crippen LogP contribution is 2.31. The van der Waals surface area contributed by atoms with Crippen molar-refractivity contribution in [1.82, 2.24) is 9.88 Å². The van der Waals surface area contributed by atoms with E-state index in [1.165, 1.54) is 13.2 Å². The number of rotatable bonds is 14.